The van der Waals surface area contributed by atoms with Crippen LogP contribution in [-0.4, -0.2) is 70.5 Å². The Bertz CT molecular complexity index is 1010. The van der Waals surface area contributed by atoms with Crippen molar-refractivity contribution in [2.45, 2.75) is 44.8 Å². The first-order valence-electron chi connectivity index (χ1n) is 11.0. The van der Waals surface area contributed by atoms with Gasteiger partial charge in [0.1, 0.15) is 12.1 Å². The molecule has 10 nitrogen and oxygen atoms in total. The van der Waals surface area contributed by atoms with Gasteiger partial charge in [-0.1, -0.05) is 32.0 Å². The van der Waals surface area contributed by atoms with Crippen molar-refractivity contribution < 1.29 is 24.3 Å². The average molecular weight is 492 g/mol. The summed E-state index contributed by atoms with van der Waals surface area (Å²) in [6.45, 7) is 3.19. The third-order valence-electron chi connectivity index (χ3n) is 5.42. The van der Waals surface area contributed by atoms with Crippen LogP contribution in [0.25, 0.3) is 10.9 Å². The second-order valence-corrected chi connectivity index (χ2v) is 9.34. The zero-order valence-electron chi connectivity index (χ0n) is 19.6. The van der Waals surface area contributed by atoms with Crippen molar-refractivity contribution in [3.63, 3.8) is 0 Å². The number of aromatic nitrogens is 1. The number of rotatable bonds is 13. The zero-order valence-corrected chi connectivity index (χ0v) is 20.4. The van der Waals surface area contributed by atoms with E-state index < -0.39 is 48.4 Å². The molecule has 0 aliphatic carbocycles. The molecule has 0 aliphatic rings. The smallest absolute Gasteiger partial charge is 0.326 e. The summed E-state index contributed by atoms with van der Waals surface area (Å²) < 4.78 is 0. The van der Waals surface area contributed by atoms with Crippen molar-refractivity contribution in [2.24, 2.45) is 11.7 Å². The molecule has 3 unspecified atom stereocenters. The SMILES string of the molecule is CSCCC(NC(=O)CNC(=O)C(Cc1c[nH]c2ccccc12)NC(=O)C(N)C(C)C)C(=O)O. The number of aromatic amines is 1. The van der Waals surface area contributed by atoms with Gasteiger partial charge in [0.25, 0.3) is 0 Å². The first-order chi connectivity index (χ1) is 16.1. The van der Waals surface area contributed by atoms with Crippen LogP contribution < -0.4 is 21.7 Å². The number of para-hydroxylation sites is 1. The van der Waals surface area contributed by atoms with E-state index in [0.29, 0.717) is 5.75 Å². The van der Waals surface area contributed by atoms with E-state index in [4.69, 9.17) is 5.73 Å². The lowest BCUT2D eigenvalue weighted by Gasteiger charge is -2.22. The molecule has 3 amide bonds. The summed E-state index contributed by atoms with van der Waals surface area (Å²) in [4.78, 5) is 52.3. The Kier molecular flexibility index (Phi) is 10.4. The van der Waals surface area contributed by atoms with E-state index in [1.54, 1.807) is 20.0 Å². The molecular formula is C23H33N5O5S. The Hall–Kier alpha value is -3.05. The van der Waals surface area contributed by atoms with Crippen molar-refractivity contribution in [3.8, 4) is 0 Å². The number of carbonyl (C=O) groups is 4. The Balaban J connectivity index is 2.09. The summed E-state index contributed by atoms with van der Waals surface area (Å²) in [7, 11) is 0. The second kappa shape index (κ2) is 13.0. The van der Waals surface area contributed by atoms with Crippen molar-refractivity contribution in [2.75, 3.05) is 18.6 Å². The Morgan fingerprint density at radius 2 is 1.79 bits per heavy atom. The number of hydrogen-bond acceptors (Lipinski definition) is 6. The summed E-state index contributed by atoms with van der Waals surface area (Å²) in [6.07, 6.45) is 4.06. The summed E-state index contributed by atoms with van der Waals surface area (Å²) in [5.41, 5.74) is 7.66. The fourth-order valence-corrected chi connectivity index (χ4v) is 3.80. The van der Waals surface area contributed by atoms with Crippen molar-refractivity contribution in [1.82, 2.24) is 20.9 Å². The molecule has 186 valence electrons. The van der Waals surface area contributed by atoms with Gasteiger partial charge >= 0.3 is 5.97 Å². The van der Waals surface area contributed by atoms with Crippen LogP contribution in [0.2, 0.25) is 0 Å². The molecular weight excluding hydrogens is 458 g/mol. The molecule has 0 radical (unpaired) electrons. The molecule has 11 heteroatoms. The maximum atomic E-state index is 13.0. The lowest BCUT2D eigenvalue weighted by atomic mass is 10.0. The van der Waals surface area contributed by atoms with E-state index in [1.807, 2.05) is 30.5 Å². The van der Waals surface area contributed by atoms with Gasteiger partial charge < -0.3 is 31.8 Å². The molecule has 1 aromatic heterocycles. The first-order valence-corrected chi connectivity index (χ1v) is 12.4. The van der Waals surface area contributed by atoms with Crippen molar-refractivity contribution >= 4 is 46.4 Å². The molecule has 0 saturated heterocycles. The Morgan fingerprint density at radius 3 is 2.44 bits per heavy atom. The third kappa shape index (κ3) is 7.77. The summed E-state index contributed by atoms with van der Waals surface area (Å²) in [5.74, 6) is -2.36. The maximum absolute atomic E-state index is 13.0. The monoisotopic (exact) mass is 491 g/mol. The second-order valence-electron chi connectivity index (χ2n) is 8.35. The third-order valence-corrected chi connectivity index (χ3v) is 6.06. The highest BCUT2D eigenvalue weighted by Crippen LogP contribution is 2.19. The number of carboxylic acid groups (broad SMARTS) is 1. The normalized spacial score (nSPS) is 13.8. The number of nitrogens with one attached hydrogen (secondary N) is 4. The number of nitrogens with two attached hydrogens (primary N) is 1. The standard InChI is InChI=1S/C23H33N5O5S/c1-13(2)20(24)22(31)28-18(10-14-11-25-16-7-5-4-6-15(14)16)21(30)26-12-19(29)27-17(23(32)33)8-9-34-3/h4-7,11,13,17-18,20,25H,8-10,12,24H2,1-3H3,(H,26,30)(H,27,29)(H,28,31)(H,32,33). The highest BCUT2D eigenvalue weighted by atomic mass is 32.2. The number of hydrogen-bond donors (Lipinski definition) is 6. The van der Waals surface area contributed by atoms with Gasteiger partial charge in [-0.2, -0.15) is 11.8 Å². The number of fused-ring (bicyclic) bond motifs is 1. The largest absolute Gasteiger partial charge is 0.480 e. The quantitative estimate of drug-likeness (QED) is 0.239. The van der Waals surface area contributed by atoms with E-state index in [9.17, 15) is 24.3 Å². The lowest BCUT2D eigenvalue weighted by molar-refractivity contribution is -0.141. The molecule has 1 aromatic carbocycles. The van der Waals surface area contributed by atoms with Crippen molar-refractivity contribution in [3.05, 3.63) is 36.0 Å². The van der Waals surface area contributed by atoms with Crippen LogP contribution in [0, 0.1) is 5.92 Å². The van der Waals surface area contributed by atoms with Crippen LogP contribution in [0.15, 0.2) is 30.5 Å². The Morgan fingerprint density at radius 1 is 1.09 bits per heavy atom. The number of H-pyrrole nitrogens is 1. The number of carbonyl (C=O) groups excluding carboxylic acids is 3. The summed E-state index contributed by atoms with van der Waals surface area (Å²) in [5, 5.41) is 17.8. The van der Waals surface area contributed by atoms with Gasteiger partial charge in [0.2, 0.25) is 17.7 Å². The average Bonchev–Trinajstić information content (AvgIpc) is 3.21. The van der Waals surface area contributed by atoms with Gasteiger partial charge in [-0.15, -0.1) is 0 Å². The van der Waals surface area contributed by atoms with E-state index in [1.165, 1.54) is 11.8 Å². The maximum Gasteiger partial charge on any atom is 0.326 e. The number of amides is 3. The fraction of sp³-hybridized carbons (Fsp3) is 0.478. The molecule has 2 aromatic rings. The minimum absolute atomic E-state index is 0.128. The predicted octanol–water partition coefficient (Wildman–Crippen LogP) is 0.617. The topological polar surface area (TPSA) is 166 Å². The van der Waals surface area contributed by atoms with E-state index in [0.717, 1.165) is 16.5 Å². The highest BCUT2D eigenvalue weighted by molar-refractivity contribution is 7.98. The first kappa shape index (κ1) is 27.2. The molecule has 1 heterocycles. The molecule has 2 rings (SSSR count). The molecule has 7 N–H and O–H groups in total. The van der Waals surface area contributed by atoms with Crippen LogP contribution in [0.3, 0.4) is 0 Å². The van der Waals surface area contributed by atoms with E-state index in [2.05, 4.69) is 20.9 Å². The molecule has 0 bridgehead atoms. The van der Waals surface area contributed by atoms with Gasteiger partial charge in [-0.05, 0) is 36.0 Å². The number of aliphatic carboxylic acids is 1. The van der Waals surface area contributed by atoms with Crippen LogP contribution in [0.4, 0.5) is 0 Å². The molecule has 3 atom stereocenters. The molecule has 0 spiro atoms. The van der Waals surface area contributed by atoms with E-state index >= 15 is 0 Å². The fourth-order valence-electron chi connectivity index (χ4n) is 3.33. The molecule has 0 fully saturated rings. The minimum atomic E-state index is -1.14. The van der Waals surface area contributed by atoms with Crippen molar-refractivity contribution in [1.29, 1.82) is 0 Å². The van der Waals surface area contributed by atoms with E-state index in [-0.39, 0.29) is 18.8 Å². The summed E-state index contributed by atoms with van der Waals surface area (Å²) in [6, 6.07) is 4.77. The number of thioether (sulfide) groups is 1. The highest BCUT2D eigenvalue weighted by Gasteiger charge is 2.27. The Labute approximate surface area is 202 Å². The zero-order chi connectivity index (χ0) is 25.3. The van der Waals surface area contributed by atoms with Gasteiger partial charge in [-0.3, -0.25) is 14.4 Å². The predicted molar refractivity (Wildman–Crippen MR) is 132 cm³/mol. The number of carboxylic acids is 1. The molecule has 0 saturated carbocycles. The number of benzene rings is 1. The lowest BCUT2D eigenvalue weighted by Crippen LogP contribution is -2.55. The van der Waals surface area contributed by atoms with Gasteiger partial charge in [0.15, 0.2) is 0 Å². The van der Waals surface area contributed by atoms with Crippen LogP contribution in [0.5, 0.6) is 0 Å². The van der Waals surface area contributed by atoms with Gasteiger partial charge in [0, 0.05) is 23.5 Å². The minimum Gasteiger partial charge on any atom is -0.480 e. The summed E-state index contributed by atoms with van der Waals surface area (Å²) >= 11 is 1.47. The van der Waals surface area contributed by atoms with Crippen LogP contribution in [0.1, 0.15) is 25.8 Å². The van der Waals surface area contributed by atoms with Crippen LogP contribution in [-0.2, 0) is 25.6 Å². The molecule has 0 aliphatic heterocycles. The van der Waals surface area contributed by atoms with Gasteiger partial charge in [0.05, 0.1) is 12.6 Å². The van der Waals surface area contributed by atoms with Crippen LogP contribution >= 0.6 is 11.8 Å². The molecule has 34 heavy (non-hydrogen) atoms. The van der Waals surface area contributed by atoms with Gasteiger partial charge in [-0.25, -0.2) is 4.79 Å².